The molecule has 0 radical (unpaired) electrons. The predicted molar refractivity (Wildman–Crippen MR) is 98.4 cm³/mol. The fourth-order valence-electron chi connectivity index (χ4n) is 2.95. The van der Waals surface area contributed by atoms with Gasteiger partial charge in [-0.2, -0.15) is 0 Å². The first-order valence-electron chi connectivity index (χ1n) is 8.85. The van der Waals surface area contributed by atoms with Gasteiger partial charge in [-0.15, -0.1) is 0 Å². The van der Waals surface area contributed by atoms with Gasteiger partial charge in [0.15, 0.2) is 0 Å². The molecular formula is C18H28FN5O. The van der Waals surface area contributed by atoms with Gasteiger partial charge >= 0.3 is 0 Å². The van der Waals surface area contributed by atoms with E-state index in [2.05, 4.69) is 20.2 Å². The second-order valence-corrected chi connectivity index (χ2v) is 5.74. The molecule has 3 N–H and O–H groups in total. The molecule has 0 aromatic carbocycles. The maximum absolute atomic E-state index is 14.3. The van der Waals surface area contributed by atoms with Crippen molar-refractivity contribution in [3.05, 3.63) is 29.7 Å². The van der Waals surface area contributed by atoms with Crippen LogP contribution in [0, 0.1) is 5.82 Å². The number of nitrogens with zero attached hydrogens (tertiary/aromatic N) is 3. The molecular weight excluding hydrogens is 321 g/mol. The topological polar surface area (TPSA) is 76.3 Å². The van der Waals surface area contributed by atoms with Crippen molar-refractivity contribution in [1.82, 2.24) is 20.2 Å². The number of fused-ring (bicyclic) bond motifs is 1. The zero-order valence-electron chi connectivity index (χ0n) is 15.3. The number of piperazine rings is 1. The largest absolute Gasteiger partial charge is 0.481 e. The van der Waals surface area contributed by atoms with Crippen LogP contribution in [0.15, 0.2) is 18.3 Å². The van der Waals surface area contributed by atoms with Gasteiger partial charge in [-0.05, 0) is 12.5 Å². The van der Waals surface area contributed by atoms with E-state index >= 15 is 0 Å². The summed E-state index contributed by atoms with van der Waals surface area (Å²) in [6.45, 7) is 8.12. The minimum Gasteiger partial charge on any atom is -0.481 e. The number of methoxy groups -OCH3 is 1. The Labute approximate surface area is 148 Å². The fraction of sp³-hybridized carbons (Fsp3) is 0.556. The van der Waals surface area contributed by atoms with Crippen molar-refractivity contribution in [3.63, 3.8) is 0 Å². The highest BCUT2D eigenvalue weighted by Crippen LogP contribution is 2.21. The molecule has 1 unspecified atom stereocenters. The third-order valence-electron chi connectivity index (χ3n) is 4.25. The van der Waals surface area contributed by atoms with Crippen molar-refractivity contribution in [2.24, 2.45) is 5.73 Å². The van der Waals surface area contributed by atoms with E-state index in [0.29, 0.717) is 41.5 Å². The fourth-order valence-corrected chi connectivity index (χ4v) is 2.95. The number of ether oxygens (including phenoxy) is 1. The van der Waals surface area contributed by atoms with E-state index in [1.807, 2.05) is 13.8 Å². The number of hydrogen-bond donors (Lipinski definition) is 2. The normalized spacial score (nSPS) is 17.9. The predicted octanol–water partition coefficient (Wildman–Crippen LogP) is 1.58. The Hall–Kier alpha value is -1.83. The first kappa shape index (κ1) is 19.5. The van der Waals surface area contributed by atoms with Gasteiger partial charge in [-0.3, -0.25) is 4.98 Å². The third kappa shape index (κ3) is 4.84. The smallest absolute Gasteiger partial charge is 0.213 e. The summed E-state index contributed by atoms with van der Waals surface area (Å²) >= 11 is 0. The maximum Gasteiger partial charge on any atom is 0.213 e. The highest BCUT2D eigenvalue weighted by Gasteiger charge is 2.19. The minimum absolute atomic E-state index is 0.306. The van der Waals surface area contributed by atoms with Gasteiger partial charge in [0, 0.05) is 50.4 Å². The SMILES string of the molecule is CC.COc1ccc2ncc(F)c(CCN3CCNC(CN)C3)c2n1. The molecule has 1 saturated heterocycles. The summed E-state index contributed by atoms with van der Waals surface area (Å²) in [5, 5.41) is 3.37. The van der Waals surface area contributed by atoms with Crippen molar-refractivity contribution >= 4 is 11.0 Å². The van der Waals surface area contributed by atoms with E-state index < -0.39 is 0 Å². The van der Waals surface area contributed by atoms with E-state index in [1.165, 1.54) is 6.20 Å². The van der Waals surface area contributed by atoms with Crippen LogP contribution in [-0.2, 0) is 6.42 Å². The van der Waals surface area contributed by atoms with Crippen molar-refractivity contribution in [2.45, 2.75) is 26.3 Å². The molecule has 138 valence electrons. The summed E-state index contributed by atoms with van der Waals surface area (Å²) in [7, 11) is 1.55. The zero-order chi connectivity index (χ0) is 18.2. The van der Waals surface area contributed by atoms with Gasteiger partial charge in [0.2, 0.25) is 5.88 Å². The molecule has 1 fully saturated rings. The Morgan fingerprint density at radius 1 is 1.40 bits per heavy atom. The molecule has 0 saturated carbocycles. The lowest BCUT2D eigenvalue weighted by atomic mass is 10.1. The quantitative estimate of drug-likeness (QED) is 0.854. The number of nitrogens with one attached hydrogen (secondary N) is 1. The molecule has 3 heterocycles. The van der Waals surface area contributed by atoms with Gasteiger partial charge in [-0.1, -0.05) is 13.8 Å². The van der Waals surface area contributed by atoms with Crippen LogP contribution in [0.3, 0.4) is 0 Å². The van der Waals surface area contributed by atoms with Crippen molar-refractivity contribution in [3.8, 4) is 5.88 Å². The monoisotopic (exact) mass is 349 g/mol. The van der Waals surface area contributed by atoms with Crippen molar-refractivity contribution in [1.29, 1.82) is 0 Å². The third-order valence-corrected chi connectivity index (χ3v) is 4.25. The van der Waals surface area contributed by atoms with Crippen molar-refractivity contribution < 1.29 is 9.13 Å². The van der Waals surface area contributed by atoms with Crippen LogP contribution < -0.4 is 15.8 Å². The summed E-state index contributed by atoms with van der Waals surface area (Å²) in [6.07, 6.45) is 1.86. The second-order valence-electron chi connectivity index (χ2n) is 5.74. The highest BCUT2D eigenvalue weighted by molar-refractivity contribution is 5.78. The molecule has 1 atom stereocenters. The maximum atomic E-state index is 14.3. The number of pyridine rings is 2. The van der Waals surface area contributed by atoms with Gasteiger partial charge in [-0.25, -0.2) is 9.37 Å². The minimum atomic E-state index is -0.316. The summed E-state index contributed by atoms with van der Waals surface area (Å²) in [4.78, 5) is 10.8. The lowest BCUT2D eigenvalue weighted by Crippen LogP contribution is -2.53. The summed E-state index contributed by atoms with van der Waals surface area (Å²) in [6, 6.07) is 3.85. The highest BCUT2D eigenvalue weighted by atomic mass is 19.1. The first-order valence-corrected chi connectivity index (χ1v) is 8.85. The molecule has 3 rings (SSSR count). The molecule has 25 heavy (non-hydrogen) atoms. The molecule has 0 aliphatic carbocycles. The molecule has 7 heteroatoms. The summed E-state index contributed by atoms with van der Waals surface area (Å²) < 4.78 is 19.4. The van der Waals surface area contributed by atoms with Crippen LogP contribution in [-0.4, -0.2) is 60.7 Å². The second kappa shape index (κ2) is 9.60. The Kier molecular flexibility index (Phi) is 7.49. The van der Waals surface area contributed by atoms with Crippen LogP contribution >= 0.6 is 0 Å². The van der Waals surface area contributed by atoms with E-state index in [4.69, 9.17) is 10.5 Å². The first-order chi connectivity index (χ1) is 12.2. The molecule has 0 spiro atoms. The standard InChI is InChI=1S/C16H22FN5O.C2H6/c1-23-15-3-2-14-16(21-15)12(13(17)9-20-14)4-6-22-7-5-19-11(8-18)10-22;1-2/h2-3,9,11,19H,4-8,10,18H2,1H3;1-2H3. The molecule has 2 aromatic heterocycles. The van der Waals surface area contributed by atoms with Crippen LogP contribution in [0.1, 0.15) is 19.4 Å². The Bertz CT molecular complexity index is 682. The van der Waals surface area contributed by atoms with Gasteiger partial charge < -0.3 is 20.7 Å². The zero-order valence-corrected chi connectivity index (χ0v) is 15.3. The number of aromatic nitrogens is 2. The van der Waals surface area contributed by atoms with Crippen LogP contribution in [0.2, 0.25) is 0 Å². The number of rotatable bonds is 5. The van der Waals surface area contributed by atoms with E-state index in [9.17, 15) is 4.39 Å². The van der Waals surface area contributed by atoms with E-state index in [1.54, 1.807) is 19.2 Å². The van der Waals surface area contributed by atoms with Crippen LogP contribution in [0.25, 0.3) is 11.0 Å². The average Bonchev–Trinajstić information content (AvgIpc) is 2.68. The molecule has 6 nitrogen and oxygen atoms in total. The van der Waals surface area contributed by atoms with E-state index in [-0.39, 0.29) is 5.82 Å². The van der Waals surface area contributed by atoms with Crippen LogP contribution in [0.5, 0.6) is 5.88 Å². The summed E-state index contributed by atoms with van der Waals surface area (Å²) in [5.41, 5.74) is 7.58. The molecule has 1 aliphatic heterocycles. The van der Waals surface area contributed by atoms with E-state index in [0.717, 1.165) is 26.2 Å². The lowest BCUT2D eigenvalue weighted by molar-refractivity contribution is 0.204. The molecule has 0 bridgehead atoms. The van der Waals surface area contributed by atoms with Gasteiger partial charge in [0.1, 0.15) is 5.82 Å². The Balaban J connectivity index is 0.00000109. The summed E-state index contributed by atoms with van der Waals surface area (Å²) in [5.74, 6) is 0.153. The van der Waals surface area contributed by atoms with Gasteiger partial charge in [0.25, 0.3) is 0 Å². The van der Waals surface area contributed by atoms with Crippen LogP contribution in [0.4, 0.5) is 4.39 Å². The lowest BCUT2D eigenvalue weighted by Gasteiger charge is -2.33. The Morgan fingerprint density at radius 2 is 2.20 bits per heavy atom. The number of halogens is 1. The van der Waals surface area contributed by atoms with Crippen molar-refractivity contribution in [2.75, 3.05) is 39.8 Å². The molecule has 2 aromatic rings. The van der Waals surface area contributed by atoms with Gasteiger partial charge in [0.05, 0.1) is 24.3 Å². The molecule has 1 aliphatic rings. The number of nitrogens with two attached hydrogens (primary N) is 1. The Morgan fingerprint density at radius 3 is 2.92 bits per heavy atom. The average molecular weight is 349 g/mol. The number of hydrogen-bond acceptors (Lipinski definition) is 6. The molecule has 0 amide bonds.